The van der Waals surface area contributed by atoms with E-state index >= 15 is 0 Å². The Labute approximate surface area is 227 Å². The molecule has 1 aromatic heterocycles. The predicted octanol–water partition coefficient (Wildman–Crippen LogP) is 6.05. The summed E-state index contributed by atoms with van der Waals surface area (Å²) >= 11 is 0. The van der Waals surface area contributed by atoms with Crippen LogP contribution in [0.4, 0.5) is 14.9 Å². The molecule has 0 saturated carbocycles. The van der Waals surface area contributed by atoms with E-state index in [1.54, 1.807) is 90.1 Å². The first kappa shape index (κ1) is 29.3. The zero-order chi connectivity index (χ0) is 28.8. The molecule has 3 rings (SSSR count). The van der Waals surface area contributed by atoms with Gasteiger partial charge in [-0.25, -0.2) is 14.2 Å². The van der Waals surface area contributed by atoms with E-state index in [9.17, 15) is 18.8 Å². The molecule has 0 saturated heterocycles. The number of nitrogens with one attached hydrogen (secondary N) is 2. The van der Waals surface area contributed by atoms with E-state index in [0.717, 1.165) is 0 Å². The number of hydrogen-bond acceptors (Lipinski definition) is 6. The van der Waals surface area contributed by atoms with Crippen molar-refractivity contribution >= 4 is 23.7 Å². The SMILES string of the molecule is CC(C)(C)OC(=O)Cc1ccccc1NC(=O)c1cccc(-c2cc(F)cc(CNC(=O)OC(C)(C)C)c2)n1. The van der Waals surface area contributed by atoms with Gasteiger partial charge in [0.2, 0.25) is 0 Å². The number of ether oxygens (including phenoxy) is 2. The molecule has 0 aliphatic rings. The number of hydrogen-bond donors (Lipinski definition) is 2. The van der Waals surface area contributed by atoms with Crippen molar-refractivity contribution in [2.45, 2.75) is 65.7 Å². The molecule has 3 aromatic rings. The van der Waals surface area contributed by atoms with Crippen LogP contribution in [0.15, 0.2) is 60.7 Å². The van der Waals surface area contributed by atoms with Gasteiger partial charge in [0.15, 0.2) is 0 Å². The van der Waals surface area contributed by atoms with Gasteiger partial charge in [0.05, 0.1) is 12.1 Å². The van der Waals surface area contributed by atoms with Crippen molar-refractivity contribution in [2.75, 3.05) is 5.32 Å². The zero-order valence-electron chi connectivity index (χ0n) is 23.1. The van der Waals surface area contributed by atoms with Gasteiger partial charge in [0, 0.05) is 17.8 Å². The van der Waals surface area contributed by atoms with Crippen LogP contribution < -0.4 is 10.6 Å². The van der Waals surface area contributed by atoms with Crippen LogP contribution >= 0.6 is 0 Å². The smallest absolute Gasteiger partial charge is 0.407 e. The van der Waals surface area contributed by atoms with E-state index in [4.69, 9.17) is 9.47 Å². The quantitative estimate of drug-likeness (QED) is 0.357. The lowest BCUT2D eigenvalue weighted by Crippen LogP contribution is -2.32. The highest BCUT2D eigenvalue weighted by atomic mass is 19.1. The Morgan fingerprint density at radius 1 is 0.872 bits per heavy atom. The number of benzene rings is 2. The normalized spacial score (nSPS) is 11.5. The zero-order valence-corrected chi connectivity index (χ0v) is 23.1. The maximum atomic E-state index is 14.4. The van der Waals surface area contributed by atoms with Crippen molar-refractivity contribution in [1.29, 1.82) is 0 Å². The molecule has 0 fully saturated rings. The molecule has 0 spiro atoms. The van der Waals surface area contributed by atoms with E-state index in [0.29, 0.717) is 28.1 Å². The minimum absolute atomic E-state index is 0.00933. The molecule has 0 aliphatic carbocycles. The molecule has 8 nitrogen and oxygen atoms in total. The molecular weight excluding hydrogens is 501 g/mol. The number of alkyl carbamates (subject to hydrolysis) is 1. The summed E-state index contributed by atoms with van der Waals surface area (Å²) in [4.78, 5) is 41.8. The largest absolute Gasteiger partial charge is 0.460 e. The van der Waals surface area contributed by atoms with Gasteiger partial charge in [-0.15, -0.1) is 0 Å². The Kier molecular flexibility index (Phi) is 9.06. The molecule has 0 unspecified atom stereocenters. The number of carbonyl (C=O) groups excluding carboxylic acids is 3. The van der Waals surface area contributed by atoms with Crippen molar-refractivity contribution in [3.63, 3.8) is 0 Å². The highest BCUT2D eigenvalue weighted by Gasteiger charge is 2.19. The number of nitrogens with zero attached hydrogens (tertiary/aromatic N) is 1. The Morgan fingerprint density at radius 2 is 1.56 bits per heavy atom. The fourth-order valence-corrected chi connectivity index (χ4v) is 3.63. The van der Waals surface area contributed by atoms with Crippen molar-refractivity contribution in [2.24, 2.45) is 0 Å². The molecule has 0 atom stereocenters. The summed E-state index contributed by atoms with van der Waals surface area (Å²) in [5.74, 6) is -1.41. The van der Waals surface area contributed by atoms with Crippen LogP contribution in [0.2, 0.25) is 0 Å². The average molecular weight is 536 g/mol. The third-order valence-corrected chi connectivity index (χ3v) is 5.09. The fraction of sp³-hybridized carbons (Fsp3) is 0.333. The molecule has 2 N–H and O–H groups in total. The second-order valence-corrected chi connectivity index (χ2v) is 11.0. The van der Waals surface area contributed by atoms with E-state index in [-0.39, 0.29) is 18.7 Å². The highest BCUT2D eigenvalue weighted by molar-refractivity contribution is 6.03. The van der Waals surface area contributed by atoms with Crippen LogP contribution in [0, 0.1) is 5.82 Å². The third kappa shape index (κ3) is 9.52. The van der Waals surface area contributed by atoms with Gasteiger partial charge < -0.3 is 20.1 Å². The van der Waals surface area contributed by atoms with Crippen LogP contribution in [0.3, 0.4) is 0 Å². The number of para-hydroxylation sites is 1. The van der Waals surface area contributed by atoms with E-state index < -0.39 is 35.0 Å². The molecule has 9 heteroatoms. The van der Waals surface area contributed by atoms with Crippen molar-refractivity contribution in [1.82, 2.24) is 10.3 Å². The molecule has 39 heavy (non-hydrogen) atoms. The number of halogens is 1. The average Bonchev–Trinajstić information content (AvgIpc) is 2.81. The van der Waals surface area contributed by atoms with Gasteiger partial charge in [-0.1, -0.05) is 24.3 Å². The number of carbonyl (C=O) groups is 3. The van der Waals surface area contributed by atoms with Crippen LogP contribution in [-0.4, -0.2) is 34.2 Å². The van der Waals surface area contributed by atoms with Crippen molar-refractivity contribution in [3.05, 3.63) is 83.3 Å². The summed E-state index contributed by atoms with van der Waals surface area (Å²) in [6.45, 7) is 10.7. The Hall–Kier alpha value is -4.27. The van der Waals surface area contributed by atoms with Gasteiger partial charge in [0.1, 0.15) is 22.7 Å². The first-order valence-corrected chi connectivity index (χ1v) is 12.5. The topological polar surface area (TPSA) is 107 Å². The predicted molar refractivity (Wildman–Crippen MR) is 147 cm³/mol. The lowest BCUT2D eigenvalue weighted by atomic mass is 10.1. The molecule has 206 valence electrons. The van der Waals surface area contributed by atoms with Gasteiger partial charge in [0.25, 0.3) is 5.91 Å². The Balaban J connectivity index is 1.76. The van der Waals surface area contributed by atoms with Crippen molar-refractivity contribution in [3.8, 4) is 11.3 Å². The van der Waals surface area contributed by atoms with Crippen LogP contribution in [0.1, 0.15) is 63.2 Å². The maximum absolute atomic E-state index is 14.4. The van der Waals surface area contributed by atoms with E-state index in [2.05, 4.69) is 15.6 Å². The maximum Gasteiger partial charge on any atom is 0.407 e. The molecule has 0 bridgehead atoms. The lowest BCUT2D eigenvalue weighted by molar-refractivity contribution is -0.153. The Morgan fingerprint density at radius 3 is 2.26 bits per heavy atom. The molecule has 0 radical (unpaired) electrons. The van der Waals surface area contributed by atoms with Crippen molar-refractivity contribution < 1.29 is 28.2 Å². The summed E-state index contributed by atoms with van der Waals surface area (Å²) < 4.78 is 25.0. The lowest BCUT2D eigenvalue weighted by Gasteiger charge is -2.20. The fourth-order valence-electron chi connectivity index (χ4n) is 3.63. The molecule has 1 heterocycles. The second kappa shape index (κ2) is 12.1. The number of rotatable bonds is 7. The Bertz CT molecular complexity index is 1360. The highest BCUT2D eigenvalue weighted by Crippen LogP contribution is 2.23. The van der Waals surface area contributed by atoms with Gasteiger partial charge in [-0.3, -0.25) is 9.59 Å². The van der Waals surface area contributed by atoms with E-state index in [1.807, 2.05) is 0 Å². The molecule has 0 aliphatic heterocycles. The molecule has 2 amide bonds. The number of anilines is 1. The van der Waals surface area contributed by atoms with Crippen LogP contribution in [-0.2, 0) is 27.2 Å². The summed E-state index contributed by atoms with van der Waals surface area (Å²) in [5.41, 5.74) is 1.21. The van der Waals surface area contributed by atoms with Gasteiger partial charge in [-0.05, 0) is 89.1 Å². The number of amides is 2. The number of esters is 1. The summed E-state index contributed by atoms with van der Waals surface area (Å²) in [6.07, 6.45) is -0.623. The number of pyridine rings is 1. The first-order chi connectivity index (χ1) is 18.2. The second-order valence-electron chi connectivity index (χ2n) is 11.0. The monoisotopic (exact) mass is 535 g/mol. The minimum Gasteiger partial charge on any atom is -0.460 e. The molecule has 2 aromatic carbocycles. The van der Waals surface area contributed by atoms with E-state index in [1.165, 1.54) is 12.1 Å². The standard InChI is InChI=1S/C30H34FN3O5/c1-29(2,3)38-26(35)17-20-10-7-8-11-23(20)34-27(36)25-13-9-12-24(33-25)21-14-19(15-22(31)16-21)18-32-28(37)39-30(4,5)6/h7-16H,17-18H2,1-6H3,(H,32,37)(H,34,36). The summed E-state index contributed by atoms with van der Waals surface area (Å²) in [5, 5.41) is 5.41. The van der Waals surface area contributed by atoms with Gasteiger partial charge >= 0.3 is 12.1 Å². The van der Waals surface area contributed by atoms with Crippen LogP contribution in [0.25, 0.3) is 11.3 Å². The minimum atomic E-state index is -0.654. The van der Waals surface area contributed by atoms with Gasteiger partial charge in [-0.2, -0.15) is 0 Å². The summed E-state index contributed by atoms with van der Waals surface area (Å²) in [7, 11) is 0. The van der Waals surface area contributed by atoms with Crippen LogP contribution in [0.5, 0.6) is 0 Å². The summed E-state index contributed by atoms with van der Waals surface area (Å²) in [6, 6.07) is 16.1. The first-order valence-electron chi connectivity index (χ1n) is 12.5. The third-order valence-electron chi connectivity index (χ3n) is 5.09. The number of aromatic nitrogens is 1. The molecular formula is C30H34FN3O5.